The highest BCUT2D eigenvalue weighted by Crippen LogP contribution is 2.39. The molecule has 42 nitrogen and oxygen atoms in total. The van der Waals surface area contributed by atoms with Crippen molar-refractivity contribution in [1.82, 2.24) is 16.0 Å². The van der Waals surface area contributed by atoms with Gasteiger partial charge in [-0.15, -0.1) is 0 Å². The van der Waals surface area contributed by atoms with E-state index in [1.807, 2.05) is 0 Å². The number of amides is 3. The first-order chi connectivity index (χ1) is 45.3. The number of aliphatic hydroxyl groups is 21. The molecule has 556 valence electrons. The molecule has 8 aliphatic rings. The molecule has 8 aliphatic heterocycles. The summed E-state index contributed by atoms with van der Waals surface area (Å²) >= 11 is 0. The van der Waals surface area contributed by atoms with Crippen LogP contribution in [0.3, 0.4) is 0 Å². The third kappa shape index (κ3) is 17.0. The Morgan fingerprint density at radius 1 is 0.292 bits per heavy atom. The van der Waals surface area contributed by atoms with E-state index in [1.165, 1.54) is 13.8 Å². The minimum absolute atomic E-state index is 0.800. The van der Waals surface area contributed by atoms with Crippen LogP contribution in [-0.2, 0) is 85.4 Å². The average molecular weight is 1410 g/mol. The number of hydrogen-bond donors (Lipinski definition) is 24. The Kier molecular flexibility index (Phi) is 27.7. The minimum Gasteiger partial charge on any atom is -0.394 e. The molecule has 0 aliphatic carbocycles. The van der Waals surface area contributed by atoms with Gasteiger partial charge in [-0.1, -0.05) is 0 Å². The van der Waals surface area contributed by atoms with Gasteiger partial charge in [0.05, 0.1) is 51.8 Å². The topological polar surface area (TPSA) is 651 Å². The lowest BCUT2D eigenvalue weighted by molar-refractivity contribution is -0.392. The van der Waals surface area contributed by atoms with Crippen molar-refractivity contribution in [3.63, 3.8) is 0 Å². The zero-order valence-corrected chi connectivity index (χ0v) is 52.1. The molecule has 0 bridgehead atoms. The van der Waals surface area contributed by atoms with E-state index >= 15 is 0 Å². The van der Waals surface area contributed by atoms with Crippen LogP contribution in [0.25, 0.3) is 0 Å². The molecule has 8 rings (SSSR count). The predicted octanol–water partition coefficient (Wildman–Crippen LogP) is -16.0. The van der Waals surface area contributed by atoms with Crippen LogP contribution in [0.1, 0.15) is 34.6 Å². The number of rotatable bonds is 23. The van der Waals surface area contributed by atoms with Gasteiger partial charge in [0.1, 0.15) is 183 Å². The van der Waals surface area contributed by atoms with Crippen molar-refractivity contribution in [2.75, 3.05) is 39.6 Å². The van der Waals surface area contributed by atoms with Gasteiger partial charge >= 0.3 is 0 Å². The Bertz CT molecular complexity index is 2480. The first-order valence-corrected chi connectivity index (χ1v) is 30.8. The van der Waals surface area contributed by atoms with Crippen LogP contribution in [0.2, 0.25) is 0 Å². The Labute approximate surface area is 545 Å². The molecular weight excluding hydrogens is 1310 g/mol. The molecule has 0 saturated carbocycles. The smallest absolute Gasteiger partial charge is 0.217 e. The van der Waals surface area contributed by atoms with E-state index in [2.05, 4.69) is 16.0 Å². The third-order valence-corrected chi connectivity index (χ3v) is 17.8. The van der Waals surface area contributed by atoms with Crippen molar-refractivity contribution in [2.45, 2.75) is 280 Å². The zero-order valence-electron chi connectivity index (χ0n) is 52.1. The fourth-order valence-electron chi connectivity index (χ4n) is 12.5. The SMILES string of the molecule is CC(=O)N[C@H]1[C@H](OC[C@H]2O[C@@H](O[C@H]3[C@H](O)[C@@H](NC(C)=O)C(O)O[C@@H]3CO)[C@H](O)[C@@H](O[C@@H]3O[C@H](CO)[C@@H](O[C@@H]4O[C@H](CO)[C@H](O)[C@H](O)[C@H]4O[C@@H]4O[C@@H](C)[C@@H](O)[C@@H](O)[C@@H]4O)[C@H](O)[C@H]3NC(C)=O)[C@H]2O)O[C@H](CO)[C@@H](O[C@@H]2O[C@H](CO)[C@H](O)[C@H](O)[C@H]2O[C@@H]2O[C@@H](C)[C@@H](O)[C@@H](O)[C@@H]2O)[C@@H]1O. The maximum Gasteiger partial charge on any atom is 0.217 e. The molecule has 0 spiro atoms. The quantitative estimate of drug-likeness (QED) is 0.0452. The number of ether oxygens (including phenoxy) is 15. The van der Waals surface area contributed by atoms with Crippen molar-refractivity contribution in [1.29, 1.82) is 0 Å². The standard InChI is InChI=1S/C54H91N3O39/c1-12-26(66)34(74)38(78)50(83-12)95-45-36(76)28(68)17(6-58)86-53(45)92-42-20(9-61)88-48(24(32(42)72)56-15(4)64)82-11-22-30(70)44(40(80)52(90-22)91-41-19(8-60)85-47(81)23(31(41)71)55-14(3)63)94-49-25(57-16(5)65)33(73)43(21(10-62)89-49)93-54-46(37(77)29(69)18(7-59)87-54)96-51-39(79)35(75)27(67)13(2)84-51/h12-13,17-54,58-62,66-81H,6-11H2,1-5H3,(H,55,63)(H,56,64)(H,57,65)/t12-,13-,17+,18+,19+,20+,21+,22+,23+,24+,25+,26+,27+,28-,29-,30-,31+,32+,33+,34+,35+,36-,37-,38-,39-,40+,41+,42+,43+,44-,45+,46+,47?,48+,49-,50-,51-,52-,53-,54-/m0/s1. The molecule has 96 heavy (non-hydrogen) atoms. The number of carbonyl (C=O) groups excluding carboxylic acids is 3. The lowest BCUT2D eigenvalue weighted by Gasteiger charge is -2.51. The number of nitrogens with one attached hydrogen (secondary N) is 3. The highest BCUT2D eigenvalue weighted by atomic mass is 16.8. The molecule has 3 amide bonds. The van der Waals surface area contributed by atoms with Gasteiger partial charge < -0.3 is 194 Å². The van der Waals surface area contributed by atoms with Crippen LogP contribution in [0, 0.1) is 0 Å². The Hall–Kier alpha value is -3.03. The van der Waals surface area contributed by atoms with Crippen LogP contribution in [0.15, 0.2) is 0 Å². The Balaban J connectivity index is 1.07. The summed E-state index contributed by atoms with van der Waals surface area (Å²) in [7, 11) is 0. The highest BCUT2D eigenvalue weighted by molar-refractivity contribution is 5.74. The molecule has 0 radical (unpaired) electrons. The number of aliphatic hydroxyl groups excluding tert-OH is 21. The van der Waals surface area contributed by atoms with E-state index in [4.69, 9.17) is 71.1 Å². The van der Waals surface area contributed by atoms with E-state index in [1.54, 1.807) is 0 Å². The second kappa shape index (κ2) is 33.8. The van der Waals surface area contributed by atoms with E-state index in [9.17, 15) is 122 Å². The van der Waals surface area contributed by atoms with E-state index in [0.717, 1.165) is 20.8 Å². The second-order valence-corrected chi connectivity index (χ2v) is 24.6. The van der Waals surface area contributed by atoms with Crippen LogP contribution >= 0.6 is 0 Å². The van der Waals surface area contributed by atoms with Crippen molar-refractivity contribution in [3.8, 4) is 0 Å². The van der Waals surface area contributed by atoms with Crippen molar-refractivity contribution in [2.24, 2.45) is 0 Å². The van der Waals surface area contributed by atoms with Crippen molar-refractivity contribution in [3.05, 3.63) is 0 Å². The first kappa shape index (κ1) is 78.7. The zero-order chi connectivity index (χ0) is 70.8. The molecule has 0 aromatic carbocycles. The van der Waals surface area contributed by atoms with Crippen molar-refractivity contribution >= 4 is 17.7 Å². The summed E-state index contributed by atoms with van der Waals surface area (Å²) in [6.45, 7) is -0.677. The van der Waals surface area contributed by atoms with Gasteiger partial charge in [-0.25, -0.2) is 0 Å². The number of hydrogen-bond acceptors (Lipinski definition) is 39. The normalized spacial score (nSPS) is 50.3. The summed E-state index contributed by atoms with van der Waals surface area (Å²) in [5.74, 6) is -2.62. The van der Waals surface area contributed by atoms with Crippen molar-refractivity contribution < 1.29 is 193 Å². The molecule has 8 heterocycles. The Morgan fingerprint density at radius 3 is 1.03 bits per heavy atom. The fraction of sp³-hybridized carbons (Fsp3) is 0.944. The summed E-state index contributed by atoms with van der Waals surface area (Å²) in [6.07, 6.45) is -71.1. The fourth-order valence-corrected chi connectivity index (χ4v) is 12.5. The third-order valence-electron chi connectivity index (χ3n) is 17.8. The van der Waals surface area contributed by atoms with Crippen LogP contribution in [0.4, 0.5) is 0 Å². The molecule has 40 atom stereocenters. The molecule has 0 aromatic rings. The largest absolute Gasteiger partial charge is 0.394 e. The maximum atomic E-state index is 13.0. The molecule has 42 heteroatoms. The summed E-state index contributed by atoms with van der Waals surface area (Å²) in [5.41, 5.74) is 0. The summed E-state index contributed by atoms with van der Waals surface area (Å²) < 4.78 is 88.1. The van der Waals surface area contributed by atoms with E-state index in [0.29, 0.717) is 0 Å². The monoisotopic (exact) mass is 1410 g/mol. The summed E-state index contributed by atoms with van der Waals surface area (Å²) in [6, 6.07) is -5.44. The van der Waals surface area contributed by atoms with Crippen LogP contribution < -0.4 is 16.0 Å². The van der Waals surface area contributed by atoms with Gasteiger partial charge in [0.25, 0.3) is 0 Å². The minimum atomic E-state index is -2.37. The van der Waals surface area contributed by atoms with Crippen LogP contribution in [0.5, 0.6) is 0 Å². The first-order valence-electron chi connectivity index (χ1n) is 30.8. The van der Waals surface area contributed by atoms with Crippen LogP contribution in [-0.4, -0.2) is 410 Å². The Morgan fingerprint density at radius 2 is 0.615 bits per heavy atom. The average Bonchev–Trinajstić information content (AvgIpc) is 0.781. The number of carbonyl (C=O) groups is 3. The molecule has 24 N–H and O–H groups in total. The van der Waals surface area contributed by atoms with Gasteiger partial charge in [0.15, 0.2) is 50.3 Å². The highest BCUT2D eigenvalue weighted by Gasteiger charge is 2.60. The molecule has 0 aromatic heterocycles. The maximum absolute atomic E-state index is 13.0. The summed E-state index contributed by atoms with van der Waals surface area (Å²) in [4.78, 5) is 38.1. The molecule has 8 fully saturated rings. The van der Waals surface area contributed by atoms with Gasteiger partial charge in [0, 0.05) is 20.8 Å². The molecule has 8 saturated heterocycles. The predicted molar refractivity (Wildman–Crippen MR) is 296 cm³/mol. The lowest BCUT2D eigenvalue weighted by atomic mass is 9.94. The summed E-state index contributed by atoms with van der Waals surface area (Å²) in [5, 5.41) is 238. The van der Waals surface area contributed by atoms with Gasteiger partial charge in [-0.3, -0.25) is 14.4 Å². The van der Waals surface area contributed by atoms with Gasteiger partial charge in [-0.05, 0) is 13.8 Å². The second-order valence-electron chi connectivity index (χ2n) is 24.6. The lowest BCUT2D eigenvalue weighted by Crippen LogP contribution is -2.70. The molecular formula is C54H91N3O39. The molecule has 1 unspecified atom stereocenters. The van der Waals surface area contributed by atoms with Gasteiger partial charge in [0.2, 0.25) is 17.7 Å². The van der Waals surface area contributed by atoms with E-state index < -0.39 is 303 Å². The van der Waals surface area contributed by atoms with E-state index in [-0.39, 0.29) is 0 Å². The van der Waals surface area contributed by atoms with Gasteiger partial charge in [-0.2, -0.15) is 0 Å².